The molecule has 0 aromatic heterocycles. The Hall–Kier alpha value is -0.790. The first-order chi connectivity index (χ1) is 5.38. The van der Waals surface area contributed by atoms with E-state index in [-0.39, 0.29) is 0 Å². The predicted molar refractivity (Wildman–Crippen MR) is 49.3 cm³/mol. The molecule has 0 atom stereocenters. The summed E-state index contributed by atoms with van der Waals surface area (Å²) in [5, 5.41) is 0. The fourth-order valence-electron chi connectivity index (χ4n) is 0.878. The molecule has 58 valence electrons. The third kappa shape index (κ3) is 2.07. The van der Waals surface area contributed by atoms with Gasteiger partial charge < -0.3 is 5.73 Å². The van der Waals surface area contributed by atoms with Gasteiger partial charge in [-0.05, 0) is 11.1 Å². The molecule has 0 unspecified atom stereocenters. The molecule has 0 bridgehead atoms. The van der Waals surface area contributed by atoms with E-state index in [1.807, 2.05) is 30.3 Å². The van der Waals surface area contributed by atoms with Crippen molar-refractivity contribution in [1.82, 2.24) is 0 Å². The van der Waals surface area contributed by atoms with E-state index in [0.717, 1.165) is 11.1 Å². The van der Waals surface area contributed by atoms with E-state index in [2.05, 4.69) is 0 Å². The van der Waals surface area contributed by atoms with Crippen LogP contribution in [0.5, 0.6) is 0 Å². The van der Waals surface area contributed by atoms with Crippen molar-refractivity contribution in [2.45, 2.75) is 0 Å². The Balaban J connectivity index is 2.92. The summed E-state index contributed by atoms with van der Waals surface area (Å²) >= 11 is 5.56. The molecule has 0 heterocycles. The molecule has 0 aliphatic carbocycles. The van der Waals surface area contributed by atoms with E-state index in [1.165, 1.54) is 5.54 Å². The molecule has 0 aliphatic heterocycles. The first-order valence-corrected chi connectivity index (χ1v) is 3.87. The second kappa shape index (κ2) is 4.16. The molecular weight excluding hydrogens is 158 g/mol. The Kier molecular flexibility index (Phi) is 3.14. The van der Waals surface area contributed by atoms with Gasteiger partial charge in [-0.25, -0.2) is 0 Å². The van der Waals surface area contributed by atoms with Crippen LogP contribution in [0.4, 0.5) is 0 Å². The van der Waals surface area contributed by atoms with Crippen molar-refractivity contribution in [2.24, 2.45) is 5.73 Å². The highest BCUT2D eigenvalue weighted by molar-refractivity contribution is 6.28. The van der Waals surface area contributed by atoms with Crippen LogP contribution in [0, 0.1) is 0 Å². The lowest BCUT2D eigenvalue weighted by molar-refractivity contribution is 1.27. The fourth-order valence-corrected chi connectivity index (χ4v) is 1.09. The molecule has 0 spiro atoms. The summed E-state index contributed by atoms with van der Waals surface area (Å²) in [6, 6.07) is 9.87. The Labute approximate surface area is 71.5 Å². The normalized spacial score (nSPS) is 11.6. The number of benzene rings is 1. The van der Waals surface area contributed by atoms with Crippen LogP contribution in [-0.4, -0.2) is 6.54 Å². The minimum Gasteiger partial charge on any atom is -0.326 e. The number of rotatable bonds is 2. The van der Waals surface area contributed by atoms with E-state index in [9.17, 15) is 0 Å². The molecule has 11 heavy (non-hydrogen) atoms. The predicted octanol–water partition coefficient (Wildman–Crippen LogP) is 2.23. The largest absolute Gasteiger partial charge is 0.326 e. The van der Waals surface area contributed by atoms with Gasteiger partial charge in [0.1, 0.15) is 0 Å². The Morgan fingerprint density at radius 2 is 2.00 bits per heavy atom. The monoisotopic (exact) mass is 167 g/mol. The van der Waals surface area contributed by atoms with Crippen molar-refractivity contribution in [1.29, 1.82) is 0 Å². The van der Waals surface area contributed by atoms with Crippen molar-refractivity contribution in [3.8, 4) is 0 Å². The van der Waals surface area contributed by atoms with Gasteiger partial charge in [-0.15, -0.1) is 0 Å². The third-order valence-electron chi connectivity index (χ3n) is 1.50. The van der Waals surface area contributed by atoms with Crippen molar-refractivity contribution in [3.63, 3.8) is 0 Å². The van der Waals surface area contributed by atoms with E-state index in [4.69, 9.17) is 17.3 Å². The Morgan fingerprint density at radius 1 is 1.36 bits per heavy atom. The van der Waals surface area contributed by atoms with Crippen LogP contribution in [0.1, 0.15) is 5.56 Å². The zero-order chi connectivity index (χ0) is 8.10. The lowest BCUT2D eigenvalue weighted by Crippen LogP contribution is -2.01. The number of hydrogen-bond acceptors (Lipinski definition) is 1. The van der Waals surface area contributed by atoms with Gasteiger partial charge in [0.2, 0.25) is 0 Å². The molecular formula is C9H10ClN. The first kappa shape index (κ1) is 8.31. The summed E-state index contributed by atoms with van der Waals surface area (Å²) in [7, 11) is 0. The van der Waals surface area contributed by atoms with E-state index >= 15 is 0 Å². The summed E-state index contributed by atoms with van der Waals surface area (Å²) in [5.74, 6) is 0. The molecule has 1 rings (SSSR count). The van der Waals surface area contributed by atoms with Crippen molar-refractivity contribution < 1.29 is 0 Å². The molecule has 1 aromatic carbocycles. The van der Waals surface area contributed by atoms with Gasteiger partial charge in [-0.2, -0.15) is 0 Å². The molecule has 2 heteroatoms. The zero-order valence-electron chi connectivity index (χ0n) is 6.13. The summed E-state index contributed by atoms with van der Waals surface area (Å²) in [6.45, 7) is 0.480. The standard InChI is InChI=1S/C9H10ClN/c10-6-9(7-11)8-4-2-1-3-5-8/h1-6H,7,11H2. The highest BCUT2D eigenvalue weighted by Gasteiger charge is 1.95. The molecule has 0 amide bonds. The van der Waals surface area contributed by atoms with Gasteiger partial charge in [-0.3, -0.25) is 0 Å². The topological polar surface area (TPSA) is 26.0 Å². The van der Waals surface area contributed by atoms with E-state index in [0.29, 0.717) is 6.54 Å². The summed E-state index contributed by atoms with van der Waals surface area (Å²) in [4.78, 5) is 0. The van der Waals surface area contributed by atoms with Crippen LogP contribution in [0.25, 0.3) is 5.57 Å². The molecule has 0 radical (unpaired) electrons. The molecule has 0 aliphatic rings. The zero-order valence-corrected chi connectivity index (χ0v) is 6.88. The first-order valence-electron chi connectivity index (χ1n) is 3.43. The van der Waals surface area contributed by atoms with Crippen molar-refractivity contribution in [2.75, 3.05) is 6.54 Å². The van der Waals surface area contributed by atoms with Crippen molar-refractivity contribution >= 4 is 17.2 Å². The van der Waals surface area contributed by atoms with Crippen LogP contribution in [-0.2, 0) is 0 Å². The van der Waals surface area contributed by atoms with Gasteiger partial charge in [0.05, 0.1) is 0 Å². The summed E-state index contributed by atoms with van der Waals surface area (Å²) in [5.41, 5.74) is 9.04. The number of nitrogens with two attached hydrogens (primary N) is 1. The Morgan fingerprint density at radius 3 is 2.45 bits per heavy atom. The van der Waals surface area contributed by atoms with Gasteiger partial charge in [-0.1, -0.05) is 41.9 Å². The van der Waals surface area contributed by atoms with E-state index < -0.39 is 0 Å². The fraction of sp³-hybridized carbons (Fsp3) is 0.111. The Bertz CT molecular complexity index is 241. The molecule has 1 aromatic rings. The lowest BCUT2D eigenvalue weighted by Gasteiger charge is -2.00. The number of hydrogen-bond donors (Lipinski definition) is 1. The maximum Gasteiger partial charge on any atom is 0.0192 e. The molecule has 0 saturated carbocycles. The van der Waals surface area contributed by atoms with Crippen LogP contribution in [0.3, 0.4) is 0 Å². The average Bonchev–Trinajstić information content (AvgIpc) is 2.09. The highest BCUT2D eigenvalue weighted by atomic mass is 35.5. The van der Waals surface area contributed by atoms with Crippen LogP contribution < -0.4 is 5.73 Å². The third-order valence-corrected chi connectivity index (χ3v) is 1.76. The summed E-state index contributed by atoms with van der Waals surface area (Å²) < 4.78 is 0. The number of halogens is 1. The molecule has 1 nitrogen and oxygen atoms in total. The highest BCUT2D eigenvalue weighted by Crippen LogP contribution is 2.12. The van der Waals surface area contributed by atoms with Gasteiger partial charge in [0.25, 0.3) is 0 Å². The van der Waals surface area contributed by atoms with Crippen molar-refractivity contribution in [3.05, 3.63) is 41.4 Å². The minimum atomic E-state index is 0.480. The van der Waals surface area contributed by atoms with E-state index in [1.54, 1.807) is 0 Å². The lowest BCUT2D eigenvalue weighted by atomic mass is 10.1. The smallest absolute Gasteiger partial charge is 0.0192 e. The summed E-state index contributed by atoms with van der Waals surface area (Å²) in [6.07, 6.45) is 0. The maximum absolute atomic E-state index is 5.56. The molecule has 2 N–H and O–H groups in total. The van der Waals surface area contributed by atoms with Gasteiger partial charge in [0.15, 0.2) is 0 Å². The van der Waals surface area contributed by atoms with Crippen LogP contribution in [0.15, 0.2) is 35.9 Å². The second-order valence-electron chi connectivity index (χ2n) is 2.20. The minimum absolute atomic E-state index is 0.480. The van der Waals surface area contributed by atoms with Crippen LogP contribution >= 0.6 is 11.6 Å². The maximum atomic E-state index is 5.56. The van der Waals surface area contributed by atoms with Gasteiger partial charge in [0, 0.05) is 12.1 Å². The second-order valence-corrected chi connectivity index (χ2v) is 2.42. The SMILES string of the molecule is NCC(=CCl)c1ccccc1. The molecule has 0 saturated heterocycles. The van der Waals surface area contributed by atoms with Crippen LogP contribution in [0.2, 0.25) is 0 Å². The average molecular weight is 168 g/mol. The van der Waals surface area contributed by atoms with Gasteiger partial charge >= 0.3 is 0 Å². The quantitative estimate of drug-likeness (QED) is 0.718. The molecule has 0 fully saturated rings.